The summed E-state index contributed by atoms with van der Waals surface area (Å²) in [5.74, 6) is 0. The van der Waals surface area contributed by atoms with Crippen LogP contribution in [0.1, 0.15) is 38.9 Å². The molecule has 0 aliphatic rings. The average Bonchev–Trinajstić information content (AvgIpc) is 2.46. The number of methoxy groups -OCH3 is 1. The second kappa shape index (κ2) is 7.95. The van der Waals surface area contributed by atoms with Crippen molar-refractivity contribution in [1.82, 2.24) is 0 Å². The first-order chi connectivity index (χ1) is 9.92. The van der Waals surface area contributed by atoms with Crippen LogP contribution >= 0.6 is 0 Å². The first-order valence-corrected chi connectivity index (χ1v) is 7.14. The summed E-state index contributed by atoms with van der Waals surface area (Å²) in [6.07, 6.45) is 0.146. The predicted octanol–water partition coefficient (Wildman–Crippen LogP) is 2.90. The monoisotopic (exact) mass is 296 g/mol. The number of aliphatic hydroxyl groups is 1. The number of aliphatic hydroxyl groups excluding tert-OH is 1. The van der Waals surface area contributed by atoms with Gasteiger partial charge in [0.1, 0.15) is 5.69 Å². The van der Waals surface area contributed by atoms with Crippen molar-refractivity contribution in [3.8, 4) is 0 Å². The van der Waals surface area contributed by atoms with Crippen LogP contribution in [0, 0.1) is 10.1 Å². The summed E-state index contributed by atoms with van der Waals surface area (Å²) in [4.78, 5) is 12.9. The van der Waals surface area contributed by atoms with E-state index in [-0.39, 0.29) is 11.7 Å². The number of anilines is 1. The van der Waals surface area contributed by atoms with Gasteiger partial charge in [-0.15, -0.1) is 0 Å². The molecule has 2 atom stereocenters. The van der Waals surface area contributed by atoms with Crippen molar-refractivity contribution >= 4 is 11.4 Å². The molecule has 2 unspecified atom stereocenters. The summed E-state index contributed by atoms with van der Waals surface area (Å²) in [6, 6.07) is 5.05. The molecule has 6 nitrogen and oxygen atoms in total. The molecule has 1 N–H and O–H groups in total. The van der Waals surface area contributed by atoms with E-state index < -0.39 is 11.0 Å². The number of hydrogen-bond donors (Lipinski definition) is 1. The number of nitrogens with zero attached hydrogens (tertiary/aromatic N) is 2. The van der Waals surface area contributed by atoms with Gasteiger partial charge >= 0.3 is 0 Å². The Labute approximate surface area is 125 Å². The van der Waals surface area contributed by atoms with E-state index in [0.29, 0.717) is 24.4 Å². The maximum absolute atomic E-state index is 11.4. The Bertz CT molecular complexity index is 477. The number of nitro benzene ring substituents is 1. The molecule has 0 aliphatic carbocycles. The van der Waals surface area contributed by atoms with Crippen molar-refractivity contribution in [2.24, 2.45) is 0 Å². The first-order valence-electron chi connectivity index (χ1n) is 7.14. The van der Waals surface area contributed by atoms with E-state index in [4.69, 9.17) is 4.74 Å². The zero-order valence-corrected chi connectivity index (χ0v) is 13.1. The van der Waals surface area contributed by atoms with Crippen molar-refractivity contribution in [2.45, 2.75) is 39.3 Å². The Kier molecular flexibility index (Phi) is 6.58. The minimum absolute atomic E-state index is 0.0183. The molecule has 0 heterocycles. The Morgan fingerprint density at radius 3 is 2.57 bits per heavy atom. The third-order valence-corrected chi connectivity index (χ3v) is 3.65. The highest BCUT2D eigenvalue weighted by atomic mass is 16.6. The van der Waals surface area contributed by atoms with Crippen LogP contribution in [-0.2, 0) is 4.74 Å². The Hall–Kier alpha value is -1.66. The van der Waals surface area contributed by atoms with E-state index in [1.807, 2.05) is 18.7 Å². The van der Waals surface area contributed by atoms with Gasteiger partial charge in [-0.3, -0.25) is 10.1 Å². The van der Waals surface area contributed by atoms with E-state index in [2.05, 4.69) is 0 Å². The lowest BCUT2D eigenvalue weighted by atomic mass is 10.1. The van der Waals surface area contributed by atoms with Crippen molar-refractivity contribution in [1.29, 1.82) is 0 Å². The highest BCUT2D eigenvalue weighted by Crippen LogP contribution is 2.32. The molecular formula is C15H24N2O4. The van der Waals surface area contributed by atoms with Gasteiger partial charge in [-0.05, 0) is 31.9 Å². The third kappa shape index (κ3) is 4.41. The van der Waals surface area contributed by atoms with E-state index in [0.717, 1.165) is 6.42 Å². The normalized spacial score (nSPS) is 13.8. The molecule has 1 aromatic carbocycles. The zero-order valence-electron chi connectivity index (χ0n) is 13.1. The fourth-order valence-electron chi connectivity index (χ4n) is 2.18. The Morgan fingerprint density at radius 1 is 1.43 bits per heavy atom. The molecule has 1 aromatic rings. The van der Waals surface area contributed by atoms with Crippen LogP contribution in [0.5, 0.6) is 0 Å². The minimum atomic E-state index is -0.728. The van der Waals surface area contributed by atoms with Gasteiger partial charge in [-0.1, -0.05) is 13.0 Å². The van der Waals surface area contributed by atoms with Crippen LogP contribution in [0.2, 0.25) is 0 Å². The van der Waals surface area contributed by atoms with Crippen molar-refractivity contribution in [3.05, 3.63) is 33.9 Å². The Balaban J connectivity index is 3.25. The molecule has 0 saturated heterocycles. The fraction of sp³-hybridized carbons (Fsp3) is 0.600. The second-order valence-corrected chi connectivity index (χ2v) is 5.12. The van der Waals surface area contributed by atoms with Crippen LogP contribution in [0.4, 0.5) is 11.4 Å². The molecule has 118 valence electrons. The van der Waals surface area contributed by atoms with Gasteiger partial charge in [0, 0.05) is 25.8 Å². The van der Waals surface area contributed by atoms with Gasteiger partial charge in [-0.25, -0.2) is 0 Å². The molecule has 0 aliphatic heterocycles. The summed E-state index contributed by atoms with van der Waals surface area (Å²) >= 11 is 0. The zero-order chi connectivity index (χ0) is 16.0. The molecule has 0 radical (unpaired) electrons. The molecule has 0 fully saturated rings. The summed E-state index contributed by atoms with van der Waals surface area (Å²) in [5.41, 5.74) is 1.13. The molecule has 0 aromatic heterocycles. The molecule has 1 rings (SSSR count). The molecular weight excluding hydrogens is 272 g/mol. The quantitative estimate of drug-likeness (QED) is 0.589. The Morgan fingerprint density at radius 2 is 2.10 bits per heavy atom. The molecule has 21 heavy (non-hydrogen) atoms. The van der Waals surface area contributed by atoms with Crippen LogP contribution in [0.15, 0.2) is 18.2 Å². The predicted molar refractivity (Wildman–Crippen MR) is 82.7 cm³/mol. The fourth-order valence-corrected chi connectivity index (χ4v) is 2.18. The van der Waals surface area contributed by atoms with Gasteiger partial charge in [0.25, 0.3) is 5.69 Å². The van der Waals surface area contributed by atoms with Crippen LogP contribution in [0.25, 0.3) is 0 Å². The van der Waals surface area contributed by atoms with E-state index in [9.17, 15) is 15.2 Å². The number of rotatable bonds is 8. The molecule has 0 bridgehead atoms. The number of hydrogen-bond acceptors (Lipinski definition) is 5. The van der Waals surface area contributed by atoms with Gasteiger partial charge < -0.3 is 14.7 Å². The van der Waals surface area contributed by atoms with Gasteiger partial charge in [-0.2, -0.15) is 0 Å². The maximum Gasteiger partial charge on any atom is 0.292 e. The highest BCUT2D eigenvalue weighted by Gasteiger charge is 2.23. The lowest BCUT2D eigenvalue weighted by molar-refractivity contribution is -0.384. The SMILES string of the molecule is CCC(C)N(CCOC)c1ccc(C(C)O)cc1[N+](=O)[O-]. The van der Waals surface area contributed by atoms with Crippen LogP contribution < -0.4 is 4.90 Å². The molecule has 6 heteroatoms. The van der Waals surface area contributed by atoms with E-state index >= 15 is 0 Å². The second-order valence-electron chi connectivity index (χ2n) is 5.12. The van der Waals surface area contributed by atoms with Crippen molar-refractivity contribution in [2.75, 3.05) is 25.2 Å². The number of ether oxygens (including phenoxy) is 1. The number of nitro groups is 1. The molecule has 0 saturated carbocycles. The topological polar surface area (TPSA) is 75.8 Å². The third-order valence-electron chi connectivity index (χ3n) is 3.65. The standard InChI is InChI=1S/C15H24N2O4/c1-5-11(2)16(8-9-21-4)14-7-6-13(12(3)18)10-15(14)17(19)20/h6-7,10-12,18H,5,8-9H2,1-4H3. The minimum Gasteiger partial charge on any atom is -0.389 e. The van der Waals surface area contributed by atoms with Gasteiger partial charge in [0.15, 0.2) is 0 Å². The summed E-state index contributed by atoms with van der Waals surface area (Å²) in [5, 5.41) is 21.0. The lowest BCUT2D eigenvalue weighted by Crippen LogP contribution is -2.35. The van der Waals surface area contributed by atoms with E-state index in [1.54, 1.807) is 26.2 Å². The maximum atomic E-state index is 11.4. The smallest absolute Gasteiger partial charge is 0.292 e. The van der Waals surface area contributed by atoms with Crippen molar-refractivity contribution in [3.63, 3.8) is 0 Å². The largest absolute Gasteiger partial charge is 0.389 e. The van der Waals surface area contributed by atoms with Crippen molar-refractivity contribution < 1.29 is 14.8 Å². The summed E-state index contributed by atoms with van der Waals surface area (Å²) in [6.45, 7) is 6.75. The van der Waals surface area contributed by atoms with Gasteiger partial charge in [0.2, 0.25) is 0 Å². The average molecular weight is 296 g/mol. The number of benzene rings is 1. The molecule has 0 spiro atoms. The summed E-state index contributed by atoms with van der Waals surface area (Å²) in [7, 11) is 1.61. The summed E-state index contributed by atoms with van der Waals surface area (Å²) < 4.78 is 5.10. The first kappa shape index (κ1) is 17.4. The van der Waals surface area contributed by atoms with Crippen LogP contribution in [0.3, 0.4) is 0 Å². The van der Waals surface area contributed by atoms with E-state index in [1.165, 1.54) is 6.07 Å². The highest BCUT2D eigenvalue weighted by molar-refractivity contribution is 5.65. The molecule has 0 amide bonds. The van der Waals surface area contributed by atoms with Crippen LogP contribution in [-0.4, -0.2) is 36.3 Å². The lowest BCUT2D eigenvalue weighted by Gasteiger charge is -2.30. The van der Waals surface area contributed by atoms with Gasteiger partial charge in [0.05, 0.1) is 17.6 Å².